The van der Waals surface area contributed by atoms with Gasteiger partial charge in [-0.05, 0) is 39.3 Å². The molecule has 1 aliphatic carbocycles. The summed E-state index contributed by atoms with van der Waals surface area (Å²) in [5.41, 5.74) is 5.93. The summed E-state index contributed by atoms with van der Waals surface area (Å²) in [6.45, 7) is 5.69. The van der Waals surface area contributed by atoms with Crippen molar-refractivity contribution in [3.05, 3.63) is 0 Å². The van der Waals surface area contributed by atoms with Crippen LogP contribution in [0.1, 0.15) is 33.1 Å². The highest BCUT2D eigenvalue weighted by Crippen LogP contribution is 2.18. The van der Waals surface area contributed by atoms with Crippen molar-refractivity contribution in [2.45, 2.75) is 51.2 Å². The standard InChI is InChI=1S/C12H27N3/c1-9(2)12(8-15(3)4)14-11-6-5-10(13)7-11/h9-12,14H,5-8,13H2,1-4H3. The summed E-state index contributed by atoms with van der Waals surface area (Å²) in [5.74, 6) is 0.684. The molecule has 0 spiro atoms. The van der Waals surface area contributed by atoms with Crippen LogP contribution in [0.2, 0.25) is 0 Å². The summed E-state index contributed by atoms with van der Waals surface area (Å²) in [6.07, 6.45) is 3.58. The molecular formula is C12H27N3. The minimum absolute atomic E-state index is 0.426. The van der Waals surface area contributed by atoms with Gasteiger partial charge in [0, 0.05) is 24.7 Å². The molecule has 0 bridgehead atoms. The van der Waals surface area contributed by atoms with Crippen LogP contribution < -0.4 is 11.1 Å². The second-order valence-electron chi connectivity index (χ2n) is 5.55. The summed E-state index contributed by atoms with van der Waals surface area (Å²) in [4.78, 5) is 2.26. The van der Waals surface area contributed by atoms with Crippen molar-refractivity contribution in [3.8, 4) is 0 Å². The summed E-state index contributed by atoms with van der Waals surface area (Å²) in [7, 11) is 4.27. The molecule has 0 aromatic heterocycles. The predicted octanol–water partition coefficient (Wildman–Crippen LogP) is 1.04. The minimum Gasteiger partial charge on any atom is -0.328 e. The number of hydrogen-bond donors (Lipinski definition) is 2. The van der Waals surface area contributed by atoms with E-state index in [0.29, 0.717) is 24.0 Å². The molecule has 3 nitrogen and oxygen atoms in total. The van der Waals surface area contributed by atoms with E-state index in [-0.39, 0.29) is 0 Å². The number of hydrogen-bond acceptors (Lipinski definition) is 3. The van der Waals surface area contributed by atoms with Gasteiger partial charge in [-0.3, -0.25) is 0 Å². The van der Waals surface area contributed by atoms with Gasteiger partial charge < -0.3 is 16.0 Å². The maximum atomic E-state index is 5.93. The molecule has 0 heterocycles. The highest BCUT2D eigenvalue weighted by molar-refractivity contribution is 4.86. The number of nitrogens with two attached hydrogens (primary N) is 1. The maximum absolute atomic E-state index is 5.93. The van der Waals surface area contributed by atoms with E-state index in [1.54, 1.807) is 0 Å². The van der Waals surface area contributed by atoms with Gasteiger partial charge in [0.1, 0.15) is 0 Å². The first kappa shape index (κ1) is 12.9. The average molecular weight is 213 g/mol. The third kappa shape index (κ3) is 4.49. The maximum Gasteiger partial charge on any atom is 0.0220 e. The molecule has 0 amide bonds. The molecule has 0 aromatic rings. The second kappa shape index (κ2) is 5.83. The molecule has 1 fully saturated rings. The van der Waals surface area contributed by atoms with Crippen LogP contribution in [0.4, 0.5) is 0 Å². The fourth-order valence-corrected chi connectivity index (χ4v) is 2.32. The molecular weight excluding hydrogens is 186 g/mol. The first-order valence-electron chi connectivity index (χ1n) is 6.15. The molecule has 3 heteroatoms. The Morgan fingerprint density at radius 2 is 2.00 bits per heavy atom. The molecule has 0 aromatic carbocycles. The number of likely N-dealkylation sites (N-methyl/N-ethyl adjacent to an activating group) is 1. The summed E-state index contributed by atoms with van der Waals surface area (Å²) >= 11 is 0. The van der Waals surface area contributed by atoms with Crippen molar-refractivity contribution in [1.82, 2.24) is 10.2 Å². The lowest BCUT2D eigenvalue weighted by Crippen LogP contribution is -2.46. The van der Waals surface area contributed by atoms with Gasteiger partial charge in [0.05, 0.1) is 0 Å². The lowest BCUT2D eigenvalue weighted by Gasteiger charge is -2.28. The number of nitrogens with zero attached hydrogens (tertiary/aromatic N) is 1. The van der Waals surface area contributed by atoms with E-state index in [1.807, 2.05) is 0 Å². The van der Waals surface area contributed by atoms with Crippen molar-refractivity contribution in [1.29, 1.82) is 0 Å². The Morgan fingerprint density at radius 1 is 1.33 bits per heavy atom. The third-order valence-electron chi connectivity index (χ3n) is 3.29. The molecule has 0 radical (unpaired) electrons. The van der Waals surface area contributed by atoms with Gasteiger partial charge in [0.2, 0.25) is 0 Å². The SMILES string of the molecule is CC(C)C(CN(C)C)NC1CCC(N)C1. The van der Waals surface area contributed by atoms with Gasteiger partial charge in [-0.1, -0.05) is 13.8 Å². The van der Waals surface area contributed by atoms with Crippen molar-refractivity contribution in [2.24, 2.45) is 11.7 Å². The number of rotatable bonds is 5. The van der Waals surface area contributed by atoms with Crippen LogP contribution in [0.3, 0.4) is 0 Å². The Labute approximate surface area is 94.4 Å². The number of nitrogens with one attached hydrogen (secondary N) is 1. The summed E-state index contributed by atoms with van der Waals surface area (Å²) < 4.78 is 0. The molecule has 90 valence electrons. The Balaban J connectivity index is 2.37. The highest BCUT2D eigenvalue weighted by atomic mass is 15.1. The van der Waals surface area contributed by atoms with Gasteiger partial charge in [-0.2, -0.15) is 0 Å². The lowest BCUT2D eigenvalue weighted by molar-refractivity contribution is 0.268. The Kier molecular flexibility index (Phi) is 5.03. The summed E-state index contributed by atoms with van der Waals surface area (Å²) in [6, 6.07) is 1.66. The molecule has 1 saturated carbocycles. The van der Waals surface area contributed by atoms with Gasteiger partial charge in [0.15, 0.2) is 0 Å². The van der Waals surface area contributed by atoms with E-state index in [2.05, 4.69) is 38.2 Å². The van der Waals surface area contributed by atoms with Crippen LogP contribution in [0.25, 0.3) is 0 Å². The largest absolute Gasteiger partial charge is 0.328 e. The van der Waals surface area contributed by atoms with Crippen LogP contribution in [-0.4, -0.2) is 43.7 Å². The van der Waals surface area contributed by atoms with Crippen LogP contribution in [0.15, 0.2) is 0 Å². The molecule has 3 atom stereocenters. The molecule has 1 aliphatic rings. The molecule has 15 heavy (non-hydrogen) atoms. The van der Waals surface area contributed by atoms with Crippen LogP contribution in [0, 0.1) is 5.92 Å². The lowest BCUT2D eigenvalue weighted by atomic mass is 10.0. The Morgan fingerprint density at radius 3 is 2.40 bits per heavy atom. The van der Waals surface area contributed by atoms with Crippen LogP contribution in [0.5, 0.6) is 0 Å². The van der Waals surface area contributed by atoms with Gasteiger partial charge >= 0.3 is 0 Å². The van der Waals surface area contributed by atoms with Gasteiger partial charge in [-0.25, -0.2) is 0 Å². The minimum atomic E-state index is 0.426. The quantitative estimate of drug-likeness (QED) is 0.717. The van der Waals surface area contributed by atoms with Crippen molar-refractivity contribution < 1.29 is 0 Å². The van der Waals surface area contributed by atoms with E-state index in [4.69, 9.17) is 5.73 Å². The van der Waals surface area contributed by atoms with Gasteiger partial charge in [0.25, 0.3) is 0 Å². The predicted molar refractivity (Wildman–Crippen MR) is 65.9 cm³/mol. The fraction of sp³-hybridized carbons (Fsp3) is 1.00. The molecule has 0 aliphatic heterocycles. The van der Waals surface area contributed by atoms with Crippen LogP contribution in [-0.2, 0) is 0 Å². The van der Waals surface area contributed by atoms with E-state index < -0.39 is 0 Å². The Hall–Kier alpha value is -0.120. The molecule has 0 saturated heterocycles. The molecule has 1 rings (SSSR count). The van der Waals surface area contributed by atoms with Crippen molar-refractivity contribution in [3.63, 3.8) is 0 Å². The van der Waals surface area contributed by atoms with E-state index >= 15 is 0 Å². The first-order valence-corrected chi connectivity index (χ1v) is 6.15. The van der Waals surface area contributed by atoms with Gasteiger partial charge in [-0.15, -0.1) is 0 Å². The van der Waals surface area contributed by atoms with Crippen molar-refractivity contribution >= 4 is 0 Å². The van der Waals surface area contributed by atoms with Crippen molar-refractivity contribution in [2.75, 3.05) is 20.6 Å². The topological polar surface area (TPSA) is 41.3 Å². The molecule has 3 N–H and O–H groups in total. The van der Waals surface area contributed by atoms with E-state index in [9.17, 15) is 0 Å². The fourth-order valence-electron chi connectivity index (χ4n) is 2.32. The Bertz CT molecular complexity index is 180. The zero-order chi connectivity index (χ0) is 11.4. The monoisotopic (exact) mass is 213 g/mol. The van der Waals surface area contributed by atoms with Crippen LogP contribution >= 0.6 is 0 Å². The first-order chi connectivity index (χ1) is 6.99. The normalized spacial score (nSPS) is 29.0. The summed E-state index contributed by atoms with van der Waals surface area (Å²) in [5, 5.41) is 3.76. The molecule has 3 unspecified atom stereocenters. The van der Waals surface area contributed by atoms with E-state index in [0.717, 1.165) is 13.0 Å². The smallest absolute Gasteiger partial charge is 0.0220 e. The highest BCUT2D eigenvalue weighted by Gasteiger charge is 2.25. The van der Waals surface area contributed by atoms with E-state index in [1.165, 1.54) is 12.8 Å². The zero-order valence-electron chi connectivity index (χ0n) is 10.7. The third-order valence-corrected chi connectivity index (χ3v) is 3.29. The zero-order valence-corrected chi connectivity index (χ0v) is 10.7. The average Bonchev–Trinajstić information content (AvgIpc) is 2.49. The second-order valence-corrected chi connectivity index (χ2v) is 5.55.